The molecule has 6 heteroatoms. The van der Waals surface area contributed by atoms with Crippen molar-refractivity contribution in [3.8, 4) is 0 Å². The largest absolute Gasteiger partial charge is 0.466 e. The van der Waals surface area contributed by atoms with E-state index in [-0.39, 0.29) is 11.9 Å². The van der Waals surface area contributed by atoms with Crippen molar-refractivity contribution < 1.29 is 9.53 Å². The summed E-state index contributed by atoms with van der Waals surface area (Å²) in [6.07, 6.45) is 4.99. The summed E-state index contributed by atoms with van der Waals surface area (Å²) in [6, 6.07) is 0. The Balaban J connectivity index is 2.04. The highest BCUT2D eigenvalue weighted by Gasteiger charge is 2.27. The molecule has 6 nitrogen and oxygen atoms in total. The summed E-state index contributed by atoms with van der Waals surface area (Å²) in [5.41, 5.74) is 5.62. The van der Waals surface area contributed by atoms with Crippen LogP contribution in [0.15, 0.2) is 12.4 Å². The molecule has 0 radical (unpaired) electrons. The molecule has 1 aliphatic heterocycles. The van der Waals surface area contributed by atoms with Gasteiger partial charge in [-0.1, -0.05) is 0 Å². The van der Waals surface area contributed by atoms with Gasteiger partial charge in [-0.05, 0) is 19.8 Å². The van der Waals surface area contributed by atoms with Gasteiger partial charge in [0.1, 0.15) is 11.6 Å². The number of piperidine rings is 1. The Bertz CT molecular complexity index is 424. The van der Waals surface area contributed by atoms with Crippen LogP contribution in [0, 0.1) is 5.92 Å². The number of hydrogen-bond acceptors (Lipinski definition) is 6. The number of nitrogen functional groups attached to an aromatic ring is 1. The maximum atomic E-state index is 11.7. The first-order chi connectivity index (χ1) is 8.70. The van der Waals surface area contributed by atoms with Gasteiger partial charge in [-0.3, -0.25) is 9.78 Å². The minimum Gasteiger partial charge on any atom is -0.466 e. The van der Waals surface area contributed by atoms with Crippen molar-refractivity contribution in [3.63, 3.8) is 0 Å². The molecule has 0 aromatic carbocycles. The van der Waals surface area contributed by atoms with E-state index in [4.69, 9.17) is 10.5 Å². The molecule has 0 spiro atoms. The van der Waals surface area contributed by atoms with Crippen LogP contribution in [0.5, 0.6) is 0 Å². The SMILES string of the molecule is CCOC(=O)C1CCCN(c2cncc(N)n2)C1. The van der Waals surface area contributed by atoms with E-state index in [1.54, 1.807) is 6.20 Å². The van der Waals surface area contributed by atoms with Crippen molar-refractivity contribution in [3.05, 3.63) is 12.4 Å². The van der Waals surface area contributed by atoms with E-state index in [1.165, 1.54) is 6.20 Å². The van der Waals surface area contributed by atoms with Crippen molar-refractivity contribution in [2.24, 2.45) is 5.92 Å². The van der Waals surface area contributed by atoms with Crippen LogP contribution in [-0.2, 0) is 9.53 Å². The minimum atomic E-state index is -0.126. The summed E-state index contributed by atoms with van der Waals surface area (Å²) < 4.78 is 5.06. The lowest BCUT2D eigenvalue weighted by atomic mass is 9.98. The minimum absolute atomic E-state index is 0.0815. The Morgan fingerprint density at radius 3 is 3.17 bits per heavy atom. The van der Waals surface area contributed by atoms with E-state index >= 15 is 0 Å². The fourth-order valence-corrected chi connectivity index (χ4v) is 2.16. The first-order valence-electron chi connectivity index (χ1n) is 6.19. The summed E-state index contributed by atoms with van der Waals surface area (Å²) >= 11 is 0. The molecule has 1 unspecified atom stereocenters. The van der Waals surface area contributed by atoms with E-state index in [0.717, 1.165) is 25.2 Å². The second-order valence-electron chi connectivity index (χ2n) is 4.34. The van der Waals surface area contributed by atoms with Crippen LogP contribution in [0.2, 0.25) is 0 Å². The predicted molar refractivity (Wildman–Crippen MR) is 68.0 cm³/mol. The molecular formula is C12H18N4O2. The van der Waals surface area contributed by atoms with Gasteiger partial charge in [0.05, 0.1) is 24.9 Å². The maximum Gasteiger partial charge on any atom is 0.310 e. The summed E-state index contributed by atoms with van der Waals surface area (Å²) in [7, 11) is 0. The zero-order valence-corrected chi connectivity index (χ0v) is 10.5. The lowest BCUT2D eigenvalue weighted by Gasteiger charge is -2.32. The third-order valence-electron chi connectivity index (χ3n) is 3.01. The zero-order valence-electron chi connectivity index (χ0n) is 10.5. The number of rotatable bonds is 3. The fourth-order valence-electron chi connectivity index (χ4n) is 2.16. The van der Waals surface area contributed by atoms with Crippen molar-refractivity contribution in [2.75, 3.05) is 30.3 Å². The van der Waals surface area contributed by atoms with Gasteiger partial charge in [-0.15, -0.1) is 0 Å². The molecule has 1 aliphatic rings. The van der Waals surface area contributed by atoms with Gasteiger partial charge < -0.3 is 15.4 Å². The highest BCUT2D eigenvalue weighted by Crippen LogP contribution is 2.22. The standard InChI is InChI=1S/C12H18N4O2/c1-2-18-12(17)9-4-3-5-16(8-9)11-7-14-6-10(13)15-11/h6-7,9H,2-5,8H2,1H3,(H2,13,15). The van der Waals surface area contributed by atoms with Crippen LogP contribution in [0.3, 0.4) is 0 Å². The number of nitrogens with zero attached hydrogens (tertiary/aromatic N) is 3. The fraction of sp³-hybridized carbons (Fsp3) is 0.583. The van der Waals surface area contributed by atoms with Crippen LogP contribution >= 0.6 is 0 Å². The van der Waals surface area contributed by atoms with Crippen molar-refractivity contribution in [1.29, 1.82) is 0 Å². The Morgan fingerprint density at radius 2 is 2.44 bits per heavy atom. The number of nitrogens with two attached hydrogens (primary N) is 1. The molecule has 2 rings (SSSR count). The van der Waals surface area contributed by atoms with Crippen LogP contribution in [0.1, 0.15) is 19.8 Å². The third kappa shape index (κ3) is 2.88. The molecule has 2 heterocycles. The topological polar surface area (TPSA) is 81.3 Å². The molecule has 1 aromatic heterocycles. The third-order valence-corrected chi connectivity index (χ3v) is 3.01. The molecule has 0 saturated carbocycles. The Hall–Kier alpha value is -1.85. The summed E-state index contributed by atoms with van der Waals surface area (Å²) in [5, 5.41) is 0. The molecule has 0 amide bonds. The van der Waals surface area contributed by atoms with Crippen LogP contribution in [0.4, 0.5) is 11.6 Å². The number of esters is 1. The first-order valence-corrected chi connectivity index (χ1v) is 6.19. The van der Waals surface area contributed by atoms with E-state index in [2.05, 4.69) is 9.97 Å². The number of carbonyl (C=O) groups excluding carboxylic acids is 1. The molecule has 1 atom stereocenters. The van der Waals surface area contributed by atoms with E-state index in [1.807, 2.05) is 11.8 Å². The smallest absolute Gasteiger partial charge is 0.310 e. The van der Waals surface area contributed by atoms with Crippen molar-refractivity contribution in [1.82, 2.24) is 9.97 Å². The second-order valence-corrected chi connectivity index (χ2v) is 4.34. The lowest BCUT2D eigenvalue weighted by Crippen LogP contribution is -2.40. The van der Waals surface area contributed by atoms with Gasteiger partial charge >= 0.3 is 5.97 Å². The van der Waals surface area contributed by atoms with E-state index in [9.17, 15) is 4.79 Å². The summed E-state index contributed by atoms with van der Waals surface area (Å²) in [5.74, 6) is 0.913. The Labute approximate surface area is 106 Å². The number of hydrogen-bond donors (Lipinski definition) is 1. The predicted octanol–water partition coefficient (Wildman–Crippen LogP) is 0.838. The Morgan fingerprint density at radius 1 is 1.61 bits per heavy atom. The van der Waals surface area contributed by atoms with Gasteiger partial charge in [-0.25, -0.2) is 4.98 Å². The lowest BCUT2D eigenvalue weighted by molar-refractivity contribution is -0.148. The molecule has 98 valence electrons. The molecule has 0 aliphatic carbocycles. The highest BCUT2D eigenvalue weighted by atomic mass is 16.5. The highest BCUT2D eigenvalue weighted by molar-refractivity contribution is 5.73. The molecule has 0 bridgehead atoms. The van der Waals surface area contributed by atoms with E-state index < -0.39 is 0 Å². The molecule has 1 saturated heterocycles. The summed E-state index contributed by atoms with van der Waals surface area (Å²) in [4.78, 5) is 22.0. The van der Waals surface area contributed by atoms with Crippen LogP contribution < -0.4 is 10.6 Å². The monoisotopic (exact) mass is 250 g/mol. The number of anilines is 2. The van der Waals surface area contributed by atoms with Gasteiger partial charge in [0, 0.05) is 13.1 Å². The average Bonchev–Trinajstić information content (AvgIpc) is 2.39. The van der Waals surface area contributed by atoms with Crippen LogP contribution in [0.25, 0.3) is 0 Å². The molecule has 1 aromatic rings. The normalized spacial score (nSPS) is 19.6. The summed E-state index contributed by atoms with van der Waals surface area (Å²) in [6.45, 7) is 3.74. The molecule has 2 N–H and O–H groups in total. The van der Waals surface area contributed by atoms with Crippen molar-refractivity contribution >= 4 is 17.6 Å². The second kappa shape index (κ2) is 5.66. The zero-order chi connectivity index (χ0) is 13.0. The van der Waals surface area contributed by atoms with Gasteiger partial charge in [0.2, 0.25) is 0 Å². The van der Waals surface area contributed by atoms with Crippen molar-refractivity contribution in [2.45, 2.75) is 19.8 Å². The Kier molecular flexibility index (Phi) is 3.96. The van der Waals surface area contributed by atoms with Gasteiger partial charge in [-0.2, -0.15) is 0 Å². The molecule has 1 fully saturated rings. The quantitative estimate of drug-likeness (QED) is 0.800. The number of ether oxygens (including phenoxy) is 1. The molecular weight excluding hydrogens is 232 g/mol. The number of carbonyl (C=O) groups is 1. The van der Waals surface area contributed by atoms with Crippen LogP contribution in [-0.4, -0.2) is 35.6 Å². The average molecular weight is 250 g/mol. The van der Waals surface area contributed by atoms with Gasteiger partial charge in [0.25, 0.3) is 0 Å². The number of aromatic nitrogens is 2. The maximum absolute atomic E-state index is 11.7. The van der Waals surface area contributed by atoms with E-state index in [0.29, 0.717) is 19.0 Å². The first kappa shape index (κ1) is 12.6. The molecule has 18 heavy (non-hydrogen) atoms. The van der Waals surface area contributed by atoms with Gasteiger partial charge in [0.15, 0.2) is 0 Å².